The van der Waals surface area contributed by atoms with Crippen LogP contribution in [0.4, 0.5) is 0 Å². The molecule has 112 valence electrons. The van der Waals surface area contributed by atoms with Gasteiger partial charge in [0.15, 0.2) is 0 Å². The molecule has 0 spiro atoms. The van der Waals surface area contributed by atoms with Crippen LogP contribution < -0.4 is 0 Å². The van der Waals surface area contributed by atoms with Gasteiger partial charge in [0.25, 0.3) is 10.2 Å². The van der Waals surface area contributed by atoms with Crippen molar-refractivity contribution in [1.82, 2.24) is 8.61 Å². The minimum absolute atomic E-state index is 0.0129. The van der Waals surface area contributed by atoms with Gasteiger partial charge >= 0.3 is 5.97 Å². The standard InChI is InChI=1S/C14H16N2O4S/c17-14(18)13-6-3-7-15(10-13)21(19,20)16-8-11-4-1-2-5-12(11)9-16/h1-6,13H,7-10H2,(H,17,18). The number of carbonyl (C=O) groups is 1. The summed E-state index contributed by atoms with van der Waals surface area (Å²) in [5, 5.41) is 9.04. The van der Waals surface area contributed by atoms with Gasteiger partial charge in [0.1, 0.15) is 0 Å². The molecular weight excluding hydrogens is 292 g/mol. The van der Waals surface area contributed by atoms with E-state index in [1.807, 2.05) is 24.3 Å². The van der Waals surface area contributed by atoms with Gasteiger partial charge in [-0.3, -0.25) is 4.79 Å². The molecule has 6 nitrogen and oxygen atoms in total. The Morgan fingerprint density at radius 2 is 1.76 bits per heavy atom. The maximum absolute atomic E-state index is 12.6. The largest absolute Gasteiger partial charge is 0.481 e. The van der Waals surface area contributed by atoms with E-state index in [4.69, 9.17) is 5.11 Å². The van der Waals surface area contributed by atoms with Crippen molar-refractivity contribution in [3.63, 3.8) is 0 Å². The normalized spacial score (nSPS) is 23.1. The summed E-state index contributed by atoms with van der Waals surface area (Å²) in [7, 11) is -3.64. The summed E-state index contributed by atoms with van der Waals surface area (Å²) in [6.45, 7) is 0.896. The van der Waals surface area contributed by atoms with Crippen molar-refractivity contribution in [2.45, 2.75) is 13.1 Å². The first kappa shape index (κ1) is 14.2. The Hall–Kier alpha value is -1.70. The number of carboxylic acids is 1. The molecule has 0 saturated carbocycles. The Bertz CT molecular complexity index is 674. The van der Waals surface area contributed by atoms with Crippen LogP contribution >= 0.6 is 0 Å². The van der Waals surface area contributed by atoms with Crippen LogP contribution in [0.5, 0.6) is 0 Å². The van der Waals surface area contributed by atoms with Crippen LogP contribution in [0.1, 0.15) is 11.1 Å². The monoisotopic (exact) mass is 308 g/mol. The second kappa shape index (κ2) is 5.25. The lowest BCUT2D eigenvalue weighted by atomic mass is 10.1. The number of carboxylic acid groups (broad SMARTS) is 1. The van der Waals surface area contributed by atoms with E-state index >= 15 is 0 Å². The van der Waals surface area contributed by atoms with E-state index in [9.17, 15) is 13.2 Å². The molecule has 3 rings (SSSR count). The number of nitrogens with zero attached hydrogens (tertiary/aromatic N) is 2. The fraction of sp³-hybridized carbons (Fsp3) is 0.357. The predicted octanol–water partition coefficient (Wildman–Crippen LogP) is 0.820. The van der Waals surface area contributed by atoms with Crippen molar-refractivity contribution in [3.8, 4) is 0 Å². The third-order valence-corrected chi connectivity index (χ3v) is 5.72. The first-order valence-electron chi connectivity index (χ1n) is 6.70. The summed E-state index contributed by atoms with van der Waals surface area (Å²) in [4.78, 5) is 11.0. The van der Waals surface area contributed by atoms with E-state index in [1.165, 1.54) is 8.61 Å². The SMILES string of the molecule is O=C(O)C1C=CCN(S(=O)(=O)N2Cc3ccccc3C2)C1. The van der Waals surface area contributed by atoms with E-state index in [0.717, 1.165) is 11.1 Å². The van der Waals surface area contributed by atoms with Crippen LogP contribution in [0.15, 0.2) is 36.4 Å². The molecule has 1 unspecified atom stereocenters. The van der Waals surface area contributed by atoms with Crippen LogP contribution in [0.3, 0.4) is 0 Å². The molecule has 2 aliphatic rings. The van der Waals surface area contributed by atoms with Crippen LogP contribution in [0, 0.1) is 5.92 Å². The minimum Gasteiger partial charge on any atom is -0.481 e. The van der Waals surface area contributed by atoms with Crippen LogP contribution in [-0.2, 0) is 28.1 Å². The highest BCUT2D eigenvalue weighted by Gasteiger charge is 2.36. The van der Waals surface area contributed by atoms with Crippen molar-refractivity contribution in [1.29, 1.82) is 0 Å². The Morgan fingerprint density at radius 1 is 1.14 bits per heavy atom. The molecule has 0 saturated heterocycles. The third-order valence-electron chi connectivity index (χ3n) is 3.86. The summed E-state index contributed by atoms with van der Waals surface area (Å²) in [6, 6.07) is 7.61. The smallest absolute Gasteiger partial charge is 0.311 e. The maximum Gasteiger partial charge on any atom is 0.311 e. The fourth-order valence-electron chi connectivity index (χ4n) is 2.67. The van der Waals surface area contributed by atoms with Gasteiger partial charge < -0.3 is 5.11 Å². The number of benzene rings is 1. The summed E-state index contributed by atoms with van der Waals surface area (Å²) in [5.74, 6) is -1.78. The van der Waals surface area contributed by atoms with Gasteiger partial charge in [0.2, 0.25) is 0 Å². The molecule has 2 aliphatic heterocycles. The van der Waals surface area contributed by atoms with Crippen molar-refractivity contribution >= 4 is 16.2 Å². The lowest BCUT2D eigenvalue weighted by Crippen LogP contribution is -2.46. The zero-order valence-electron chi connectivity index (χ0n) is 11.3. The van der Waals surface area contributed by atoms with Crippen molar-refractivity contribution in [2.24, 2.45) is 5.92 Å². The molecule has 0 bridgehead atoms. The van der Waals surface area contributed by atoms with Crippen LogP contribution in [0.2, 0.25) is 0 Å². The number of hydrogen-bond acceptors (Lipinski definition) is 3. The van der Waals surface area contributed by atoms with Gasteiger partial charge in [-0.05, 0) is 11.1 Å². The molecular formula is C14H16N2O4S. The molecule has 0 fully saturated rings. The fourth-order valence-corrected chi connectivity index (χ4v) is 4.23. The van der Waals surface area contributed by atoms with Crippen LogP contribution in [0.25, 0.3) is 0 Å². The second-order valence-corrected chi connectivity index (χ2v) is 7.16. The maximum atomic E-state index is 12.6. The summed E-state index contributed by atoms with van der Waals surface area (Å²) < 4.78 is 27.9. The van der Waals surface area contributed by atoms with E-state index in [1.54, 1.807) is 12.2 Å². The summed E-state index contributed by atoms with van der Waals surface area (Å²) >= 11 is 0. The molecule has 21 heavy (non-hydrogen) atoms. The minimum atomic E-state index is -3.64. The molecule has 2 heterocycles. The highest BCUT2D eigenvalue weighted by atomic mass is 32.2. The highest BCUT2D eigenvalue weighted by molar-refractivity contribution is 7.86. The molecule has 1 N–H and O–H groups in total. The molecule has 0 amide bonds. The molecule has 7 heteroatoms. The predicted molar refractivity (Wildman–Crippen MR) is 76.4 cm³/mol. The number of rotatable bonds is 3. The number of fused-ring (bicyclic) bond motifs is 1. The van der Waals surface area contributed by atoms with Gasteiger partial charge in [0.05, 0.1) is 5.92 Å². The van der Waals surface area contributed by atoms with Crippen molar-refractivity contribution in [2.75, 3.05) is 13.1 Å². The average Bonchev–Trinajstić information content (AvgIpc) is 2.92. The van der Waals surface area contributed by atoms with Gasteiger partial charge in [-0.15, -0.1) is 0 Å². The second-order valence-electron chi connectivity index (χ2n) is 5.23. The first-order chi connectivity index (χ1) is 9.98. The average molecular weight is 308 g/mol. The quantitative estimate of drug-likeness (QED) is 0.839. The van der Waals surface area contributed by atoms with Gasteiger partial charge in [0, 0.05) is 26.2 Å². The molecule has 0 radical (unpaired) electrons. The van der Waals surface area contributed by atoms with Gasteiger partial charge in [-0.2, -0.15) is 17.0 Å². The van der Waals surface area contributed by atoms with E-state index in [2.05, 4.69) is 0 Å². The first-order valence-corrected chi connectivity index (χ1v) is 8.09. The topological polar surface area (TPSA) is 77.9 Å². The van der Waals surface area contributed by atoms with Crippen LogP contribution in [-0.4, -0.2) is 41.2 Å². The summed E-state index contributed by atoms with van der Waals surface area (Å²) in [5.41, 5.74) is 2.01. The van der Waals surface area contributed by atoms with E-state index < -0.39 is 22.1 Å². The number of hydrogen-bond donors (Lipinski definition) is 1. The molecule has 0 aromatic heterocycles. The Morgan fingerprint density at radius 3 is 2.33 bits per heavy atom. The Labute approximate surface area is 123 Å². The van der Waals surface area contributed by atoms with Gasteiger partial charge in [-0.25, -0.2) is 0 Å². The lowest BCUT2D eigenvalue weighted by Gasteiger charge is -2.29. The zero-order chi connectivity index (χ0) is 15.0. The summed E-state index contributed by atoms with van der Waals surface area (Å²) in [6.07, 6.45) is 3.15. The zero-order valence-corrected chi connectivity index (χ0v) is 12.2. The highest BCUT2D eigenvalue weighted by Crippen LogP contribution is 2.27. The molecule has 1 atom stereocenters. The molecule has 1 aromatic carbocycles. The Balaban J connectivity index is 1.80. The van der Waals surface area contributed by atoms with Crippen molar-refractivity contribution < 1.29 is 18.3 Å². The Kier molecular flexibility index (Phi) is 3.56. The lowest BCUT2D eigenvalue weighted by molar-refractivity contribution is -0.140. The van der Waals surface area contributed by atoms with Crippen molar-refractivity contribution in [3.05, 3.63) is 47.5 Å². The van der Waals surface area contributed by atoms with E-state index in [-0.39, 0.29) is 13.1 Å². The van der Waals surface area contributed by atoms with E-state index in [0.29, 0.717) is 13.1 Å². The molecule has 1 aromatic rings. The van der Waals surface area contributed by atoms with Gasteiger partial charge in [-0.1, -0.05) is 36.4 Å². The number of aliphatic carboxylic acids is 1. The third kappa shape index (κ3) is 2.59. The molecule has 0 aliphatic carbocycles.